The van der Waals surface area contributed by atoms with Crippen LogP contribution in [0.1, 0.15) is 28.7 Å². The number of amides is 3. The van der Waals surface area contributed by atoms with Crippen LogP contribution in [0.5, 0.6) is 0 Å². The Hall–Kier alpha value is -4.57. The molecule has 4 bridgehead atoms. The Kier molecular flexibility index (Phi) is 7.12. The minimum atomic E-state index is -0.586. The summed E-state index contributed by atoms with van der Waals surface area (Å²) in [7, 11) is 1.79. The van der Waals surface area contributed by atoms with Gasteiger partial charge in [0.25, 0.3) is 0 Å². The standard InChI is InChI=1S/C37H36FN5O3/c1-40-24-34(44)42-33(43(40)36(45)39-21-25-16-18-29(38)19-17-25)23-41-22-30(26-10-4-2-5-11-26)28-14-8-9-15-31-37(41,32(20-28)46-31)35(42)27-12-6-3-7-13-27/h2-20,30-33,35H,21-24H2,1H3,(H,39,45)/b14-8-,15-9-/t30?,31?,32?,33-,35-,37?/m0/s1. The second-order valence-corrected chi connectivity index (χ2v) is 12.7. The number of nitrogens with one attached hydrogen (secondary N) is 1. The summed E-state index contributed by atoms with van der Waals surface area (Å²) in [5.74, 6) is -0.294. The van der Waals surface area contributed by atoms with E-state index < -0.39 is 11.7 Å². The van der Waals surface area contributed by atoms with Gasteiger partial charge in [-0.2, -0.15) is 0 Å². The molecule has 1 spiro atoms. The van der Waals surface area contributed by atoms with Gasteiger partial charge in [0, 0.05) is 32.6 Å². The van der Waals surface area contributed by atoms with Crippen molar-refractivity contribution in [3.8, 4) is 0 Å². The fourth-order valence-electron chi connectivity index (χ4n) is 8.16. The second kappa shape index (κ2) is 11.3. The Morgan fingerprint density at radius 2 is 1.65 bits per heavy atom. The van der Waals surface area contributed by atoms with E-state index in [1.807, 2.05) is 29.2 Å². The van der Waals surface area contributed by atoms with Gasteiger partial charge >= 0.3 is 6.03 Å². The first-order valence-electron chi connectivity index (χ1n) is 15.9. The van der Waals surface area contributed by atoms with Crippen molar-refractivity contribution in [1.82, 2.24) is 25.1 Å². The minimum Gasteiger partial charge on any atom is -0.363 e. The Labute approximate surface area is 268 Å². The van der Waals surface area contributed by atoms with Crippen LogP contribution < -0.4 is 5.32 Å². The highest BCUT2D eigenvalue weighted by atomic mass is 19.1. The number of rotatable bonds is 4. The number of halogens is 1. The summed E-state index contributed by atoms with van der Waals surface area (Å²) in [5.41, 5.74) is 3.60. The van der Waals surface area contributed by atoms with E-state index in [0.29, 0.717) is 13.1 Å². The Morgan fingerprint density at radius 3 is 2.39 bits per heavy atom. The summed E-state index contributed by atoms with van der Waals surface area (Å²) in [4.78, 5) is 32.7. The zero-order valence-electron chi connectivity index (χ0n) is 25.6. The van der Waals surface area contributed by atoms with Crippen LogP contribution in [0.25, 0.3) is 0 Å². The van der Waals surface area contributed by atoms with Crippen molar-refractivity contribution in [2.24, 2.45) is 0 Å². The number of nitrogens with zero attached hydrogens (tertiary/aromatic N) is 4. The Balaban J connectivity index is 1.24. The molecule has 1 N–H and O–H groups in total. The number of likely N-dealkylation sites (N-methyl/N-ethyl adjacent to an activating group) is 1. The number of benzene rings is 3. The molecule has 46 heavy (non-hydrogen) atoms. The molecule has 234 valence electrons. The maximum Gasteiger partial charge on any atom is 0.334 e. The Morgan fingerprint density at radius 1 is 0.935 bits per heavy atom. The molecule has 0 radical (unpaired) electrons. The molecule has 4 unspecified atom stereocenters. The van der Waals surface area contributed by atoms with E-state index >= 15 is 0 Å². The van der Waals surface area contributed by atoms with Crippen LogP contribution in [0.15, 0.2) is 121 Å². The first kappa shape index (κ1) is 28.9. The summed E-state index contributed by atoms with van der Waals surface area (Å²) in [6, 6.07) is 26.1. The third-order valence-electron chi connectivity index (χ3n) is 10.2. The van der Waals surface area contributed by atoms with Gasteiger partial charge in [0.15, 0.2) is 0 Å². The molecule has 9 heteroatoms. The van der Waals surface area contributed by atoms with Crippen molar-refractivity contribution in [3.63, 3.8) is 0 Å². The highest BCUT2D eigenvalue weighted by molar-refractivity contribution is 5.83. The molecule has 3 aromatic carbocycles. The minimum absolute atomic E-state index is 0.0348. The van der Waals surface area contributed by atoms with Crippen LogP contribution >= 0.6 is 0 Å². The normalized spacial score (nSPS) is 31.7. The first-order chi connectivity index (χ1) is 22.4. The van der Waals surface area contributed by atoms with Crippen molar-refractivity contribution in [2.75, 3.05) is 26.7 Å². The lowest BCUT2D eigenvalue weighted by molar-refractivity contribution is -0.287. The molecule has 0 saturated carbocycles. The van der Waals surface area contributed by atoms with Gasteiger partial charge in [0.1, 0.15) is 29.7 Å². The van der Waals surface area contributed by atoms with Crippen LogP contribution in [0.4, 0.5) is 9.18 Å². The van der Waals surface area contributed by atoms with E-state index in [2.05, 4.69) is 77.0 Å². The van der Waals surface area contributed by atoms with Crippen molar-refractivity contribution in [2.45, 2.75) is 42.4 Å². The lowest BCUT2D eigenvalue weighted by Gasteiger charge is -2.69. The molecular formula is C37H36FN5O3. The maximum atomic E-state index is 14.2. The summed E-state index contributed by atoms with van der Waals surface area (Å²) in [6.45, 7) is 1.43. The van der Waals surface area contributed by atoms with Gasteiger partial charge < -0.3 is 15.0 Å². The fraction of sp³-hybridized carbons (Fsp3) is 0.297. The number of piperazine rings is 1. The zero-order chi connectivity index (χ0) is 31.4. The molecule has 0 aromatic heterocycles. The SMILES string of the molecule is CN1CC(=O)N2[C@@H](c3ccccc3)C34C5C=C(/C=C\C=C/C3O5)C(c3ccccc3)CN4C[C@@H]2N1C(=O)NCc1ccc(F)cc1. The monoisotopic (exact) mass is 617 g/mol. The molecule has 1 aliphatic carbocycles. The van der Waals surface area contributed by atoms with Gasteiger partial charge in [-0.3, -0.25) is 9.69 Å². The second-order valence-electron chi connectivity index (χ2n) is 12.7. The molecule has 3 aromatic rings. The topological polar surface area (TPSA) is 68.4 Å². The number of fused-ring (bicyclic) bond motifs is 2. The van der Waals surface area contributed by atoms with Gasteiger partial charge in [-0.25, -0.2) is 19.2 Å². The highest BCUT2D eigenvalue weighted by Crippen LogP contribution is 2.57. The number of ether oxygens (including phenoxy) is 1. The summed E-state index contributed by atoms with van der Waals surface area (Å²) in [5, 5.41) is 6.44. The van der Waals surface area contributed by atoms with Crippen LogP contribution in [0, 0.1) is 5.82 Å². The largest absolute Gasteiger partial charge is 0.363 e. The lowest BCUT2D eigenvalue weighted by Crippen LogP contribution is -2.85. The van der Waals surface area contributed by atoms with Crippen LogP contribution in [0.3, 0.4) is 0 Å². The van der Waals surface area contributed by atoms with E-state index in [1.54, 1.807) is 29.2 Å². The number of hydrogen-bond acceptors (Lipinski definition) is 5. The number of hydrogen-bond donors (Lipinski definition) is 1. The van der Waals surface area contributed by atoms with Crippen LogP contribution in [-0.2, 0) is 16.1 Å². The molecule has 3 saturated heterocycles. The van der Waals surface area contributed by atoms with Crippen LogP contribution in [-0.4, -0.2) is 82.4 Å². The number of carbonyl (C=O) groups is 2. The third kappa shape index (κ3) is 4.53. The molecular weight excluding hydrogens is 581 g/mol. The van der Waals surface area contributed by atoms with E-state index in [-0.39, 0.29) is 55.0 Å². The molecule has 9 rings (SSSR count). The van der Waals surface area contributed by atoms with E-state index in [0.717, 1.165) is 11.1 Å². The zero-order valence-corrected chi connectivity index (χ0v) is 25.6. The molecule has 6 atom stereocenters. The molecule has 5 heterocycles. The summed E-state index contributed by atoms with van der Waals surface area (Å²) in [6.07, 6.45) is 9.60. The quantitative estimate of drug-likeness (QED) is 0.457. The fourth-order valence-corrected chi connectivity index (χ4v) is 8.16. The molecule has 5 aliphatic heterocycles. The predicted octanol–water partition coefficient (Wildman–Crippen LogP) is 4.77. The molecule has 6 aliphatic rings. The number of allylic oxidation sites excluding steroid dienone is 3. The first-order valence-corrected chi connectivity index (χ1v) is 15.9. The smallest absolute Gasteiger partial charge is 0.334 e. The van der Waals surface area contributed by atoms with Gasteiger partial charge in [0.2, 0.25) is 5.91 Å². The van der Waals surface area contributed by atoms with Gasteiger partial charge in [-0.05, 0) is 40.5 Å². The Bertz CT molecular complexity index is 1730. The van der Waals surface area contributed by atoms with E-state index in [4.69, 9.17) is 4.74 Å². The highest BCUT2D eigenvalue weighted by Gasteiger charge is 2.70. The van der Waals surface area contributed by atoms with Gasteiger partial charge in [-0.1, -0.05) is 97.1 Å². The maximum absolute atomic E-state index is 14.2. The summed E-state index contributed by atoms with van der Waals surface area (Å²) >= 11 is 0. The molecule has 8 nitrogen and oxygen atoms in total. The predicted molar refractivity (Wildman–Crippen MR) is 171 cm³/mol. The van der Waals surface area contributed by atoms with E-state index in [9.17, 15) is 14.0 Å². The molecule has 3 fully saturated rings. The third-order valence-corrected chi connectivity index (χ3v) is 10.2. The van der Waals surface area contributed by atoms with Crippen molar-refractivity contribution >= 4 is 11.9 Å². The van der Waals surface area contributed by atoms with Crippen LogP contribution in [0.2, 0.25) is 0 Å². The number of hydrazine groups is 1. The van der Waals surface area contributed by atoms with E-state index in [1.165, 1.54) is 23.3 Å². The van der Waals surface area contributed by atoms with Crippen molar-refractivity contribution < 1.29 is 18.7 Å². The number of carbonyl (C=O) groups excluding carboxylic acids is 2. The average molecular weight is 618 g/mol. The molecule has 3 amide bonds. The van der Waals surface area contributed by atoms with Crippen molar-refractivity contribution in [1.29, 1.82) is 0 Å². The van der Waals surface area contributed by atoms with Gasteiger partial charge in [-0.15, -0.1) is 0 Å². The average Bonchev–Trinajstić information content (AvgIpc) is 3.15. The number of urea groups is 1. The van der Waals surface area contributed by atoms with Gasteiger partial charge in [0.05, 0.1) is 12.6 Å². The van der Waals surface area contributed by atoms with Crippen molar-refractivity contribution in [3.05, 3.63) is 143 Å². The summed E-state index contributed by atoms with van der Waals surface area (Å²) < 4.78 is 20.2. The lowest BCUT2D eigenvalue weighted by atomic mass is 9.67.